The van der Waals surface area contributed by atoms with Gasteiger partial charge >= 0.3 is 6.03 Å². The minimum atomic E-state index is -0.281. The molecule has 5 N–H and O–H groups in total. The summed E-state index contributed by atoms with van der Waals surface area (Å²) in [5, 5.41) is 13.9. The molecule has 0 saturated carbocycles. The van der Waals surface area contributed by atoms with Crippen LogP contribution in [0.5, 0.6) is 0 Å². The van der Waals surface area contributed by atoms with Crippen LogP contribution in [0.3, 0.4) is 0 Å². The number of carbonyl (C=O) groups excluding carboxylic acids is 2. The van der Waals surface area contributed by atoms with E-state index in [1.165, 1.54) is 0 Å². The summed E-state index contributed by atoms with van der Waals surface area (Å²) < 4.78 is 2.07. The van der Waals surface area contributed by atoms with E-state index in [9.17, 15) is 9.59 Å². The zero-order valence-electron chi connectivity index (χ0n) is 22.3. The molecule has 1 fully saturated rings. The van der Waals surface area contributed by atoms with Crippen LogP contribution in [0.25, 0.3) is 11.0 Å². The van der Waals surface area contributed by atoms with Gasteiger partial charge in [-0.1, -0.05) is 41.9 Å². The molecule has 1 saturated heterocycles. The minimum absolute atomic E-state index is 0.0114. The lowest BCUT2D eigenvalue weighted by molar-refractivity contribution is 0.0709. The van der Waals surface area contributed by atoms with Gasteiger partial charge in [-0.3, -0.25) is 10.2 Å². The number of nitrogens with two attached hydrogens (primary N) is 1. The Balaban J connectivity index is 1.16. The van der Waals surface area contributed by atoms with Gasteiger partial charge in [0, 0.05) is 54.4 Å². The fourth-order valence-corrected chi connectivity index (χ4v) is 5.23. The molecular formula is C30H32ClN7O2. The normalized spacial score (nSPS) is 13.8. The van der Waals surface area contributed by atoms with E-state index in [4.69, 9.17) is 27.7 Å². The molecule has 4 aromatic rings. The first-order valence-electron chi connectivity index (χ1n) is 13.3. The van der Waals surface area contributed by atoms with E-state index in [-0.39, 0.29) is 23.8 Å². The van der Waals surface area contributed by atoms with E-state index < -0.39 is 0 Å². The molecule has 0 bridgehead atoms. The Kier molecular flexibility index (Phi) is 8.02. The predicted octanol–water partition coefficient (Wildman–Crippen LogP) is 4.72. The van der Waals surface area contributed by atoms with Gasteiger partial charge in [0.2, 0.25) is 0 Å². The van der Waals surface area contributed by atoms with E-state index in [1.54, 1.807) is 24.3 Å². The largest absolute Gasteiger partial charge is 0.384 e. The Bertz CT molecular complexity index is 1560. The highest BCUT2D eigenvalue weighted by Crippen LogP contribution is 2.21. The van der Waals surface area contributed by atoms with Gasteiger partial charge in [0.1, 0.15) is 11.7 Å². The van der Waals surface area contributed by atoms with Crippen LogP contribution >= 0.6 is 11.6 Å². The van der Waals surface area contributed by atoms with Gasteiger partial charge < -0.3 is 25.8 Å². The molecule has 1 aliphatic rings. The molecule has 1 aromatic heterocycles. The van der Waals surface area contributed by atoms with Gasteiger partial charge in [0.25, 0.3) is 5.91 Å². The van der Waals surface area contributed by atoms with Crippen LogP contribution in [0.15, 0.2) is 66.7 Å². The number of hydrogen-bond donors (Lipinski definition) is 4. The van der Waals surface area contributed by atoms with Crippen molar-refractivity contribution in [2.45, 2.75) is 31.7 Å². The van der Waals surface area contributed by atoms with Crippen LogP contribution in [0.4, 0.5) is 10.5 Å². The fraction of sp³-hybridized carbons (Fsp3) is 0.267. The van der Waals surface area contributed by atoms with Crippen molar-refractivity contribution >= 4 is 46.1 Å². The molecule has 0 spiro atoms. The average molecular weight is 558 g/mol. The number of piperidine rings is 1. The number of nitrogen functional groups attached to an aromatic ring is 1. The second kappa shape index (κ2) is 11.8. The summed E-state index contributed by atoms with van der Waals surface area (Å²) >= 11 is 5.98. The standard InChI is InChI=1S/C30H32ClN7O2/c1-37-26-11-10-21(17-25(26)36-27(37)12-7-19-5-8-20(9-6-19)28(32)33)29(39)38-15-13-23(14-16-38)34-30(40)35-24-4-2-3-22(31)18-24/h2-6,8-11,17-18,23H,7,12-16H2,1H3,(H3,32,33)(H2,34,35,40). The highest BCUT2D eigenvalue weighted by molar-refractivity contribution is 6.30. The molecule has 9 nitrogen and oxygen atoms in total. The van der Waals surface area contributed by atoms with E-state index in [2.05, 4.69) is 15.2 Å². The van der Waals surface area contributed by atoms with E-state index in [0.29, 0.717) is 47.8 Å². The molecule has 206 valence electrons. The smallest absolute Gasteiger partial charge is 0.319 e. The number of fused-ring (bicyclic) bond motifs is 1. The van der Waals surface area contributed by atoms with Gasteiger partial charge in [-0.2, -0.15) is 0 Å². The summed E-state index contributed by atoms with van der Waals surface area (Å²) in [6.07, 6.45) is 2.91. The van der Waals surface area contributed by atoms with E-state index >= 15 is 0 Å². The number of halogens is 1. The minimum Gasteiger partial charge on any atom is -0.384 e. The number of nitrogens with zero attached hydrogens (tertiary/aromatic N) is 3. The number of hydrogen-bond acceptors (Lipinski definition) is 4. The monoisotopic (exact) mass is 557 g/mol. The zero-order valence-corrected chi connectivity index (χ0v) is 23.0. The predicted molar refractivity (Wildman–Crippen MR) is 158 cm³/mol. The van der Waals surface area contributed by atoms with Crippen molar-refractivity contribution in [3.63, 3.8) is 0 Å². The zero-order chi connectivity index (χ0) is 28.2. The Morgan fingerprint density at radius 2 is 1.75 bits per heavy atom. The summed E-state index contributed by atoms with van der Waals surface area (Å²) in [5.74, 6) is 0.977. The molecule has 3 aromatic carbocycles. The summed E-state index contributed by atoms with van der Waals surface area (Å²) in [7, 11) is 1.99. The molecule has 40 heavy (non-hydrogen) atoms. The van der Waals surface area contributed by atoms with Crippen LogP contribution in [-0.2, 0) is 19.9 Å². The number of urea groups is 1. The molecule has 0 radical (unpaired) electrons. The van der Waals surface area contributed by atoms with Crippen molar-refractivity contribution < 1.29 is 9.59 Å². The van der Waals surface area contributed by atoms with Crippen molar-refractivity contribution in [1.29, 1.82) is 5.41 Å². The number of likely N-dealkylation sites (tertiary alicyclic amines) is 1. The highest BCUT2D eigenvalue weighted by Gasteiger charge is 2.25. The lowest BCUT2D eigenvalue weighted by Crippen LogP contribution is -2.47. The third-order valence-corrected chi connectivity index (χ3v) is 7.56. The van der Waals surface area contributed by atoms with Crippen molar-refractivity contribution in [3.05, 3.63) is 94.3 Å². The van der Waals surface area contributed by atoms with Crippen molar-refractivity contribution in [3.8, 4) is 0 Å². The van der Waals surface area contributed by atoms with Crippen molar-refractivity contribution in [2.75, 3.05) is 18.4 Å². The average Bonchev–Trinajstić information content (AvgIpc) is 3.26. The molecule has 10 heteroatoms. The SMILES string of the molecule is Cn1c(CCc2ccc(C(=N)N)cc2)nc2cc(C(=O)N3CCC(NC(=O)Nc4cccc(Cl)c4)CC3)ccc21. The van der Waals surface area contributed by atoms with Gasteiger partial charge in [0.05, 0.1) is 11.0 Å². The fourth-order valence-electron chi connectivity index (χ4n) is 5.04. The van der Waals surface area contributed by atoms with Crippen LogP contribution in [0, 0.1) is 5.41 Å². The number of benzene rings is 3. The lowest BCUT2D eigenvalue weighted by atomic mass is 10.0. The molecule has 0 unspecified atom stereocenters. The van der Waals surface area contributed by atoms with E-state index in [0.717, 1.165) is 35.3 Å². The third-order valence-electron chi connectivity index (χ3n) is 7.32. The molecule has 0 atom stereocenters. The number of anilines is 1. The second-order valence-corrected chi connectivity index (χ2v) is 10.5. The van der Waals surface area contributed by atoms with E-state index in [1.807, 2.05) is 54.4 Å². The van der Waals surface area contributed by atoms with Gasteiger partial charge in [-0.05, 0) is 61.2 Å². The Hall–Kier alpha value is -4.37. The van der Waals surface area contributed by atoms with Gasteiger partial charge in [0.15, 0.2) is 0 Å². The number of amidine groups is 1. The van der Waals surface area contributed by atoms with Crippen molar-refractivity contribution in [1.82, 2.24) is 19.8 Å². The number of carbonyl (C=O) groups is 2. The second-order valence-electron chi connectivity index (χ2n) is 10.1. The number of imidazole rings is 1. The van der Waals surface area contributed by atoms with Crippen LogP contribution in [0.2, 0.25) is 5.02 Å². The Morgan fingerprint density at radius 3 is 2.45 bits per heavy atom. The van der Waals surface area contributed by atoms with Crippen molar-refractivity contribution in [2.24, 2.45) is 12.8 Å². The summed E-state index contributed by atoms with van der Waals surface area (Å²) in [4.78, 5) is 32.3. The maximum Gasteiger partial charge on any atom is 0.319 e. The number of aryl methyl sites for hydroxylation is 3. The van der Waals surface area contributed by atoms with Crippen LogP contribution < -0.4 is 16.4 Å². The van der Waals surface area contributed by atoms with Gasteiger partial charge in [-0.15, -0.1) is 0 Å². The molecule has 5 rings (SSSR count). The Morgan fingerprint density at radius 1 is 1.02 bits per heavy atom. The van der Waals surface area contributed by atoms with Crippen LogP contribution in [-0.4, -0.2) is 51.4 Å². The molecular weight excluding hydrogens is 526 g/mol. The molecule has 3 amide bonds. The lowest BCUT2D eigenvalue weighted by Gasteiger charge is -2.32. The quantitative estimate of drug-likeness (QED) is 0.193. The number of aromatic nitrogens is 2. The first-order valence-corrected chi connectivity index (χ1v) is 13.7. The molecule has 1 aliphatic heterocycles. The Labute approximate surface area is 237 Å². The maximum atomic E-state index is 13.3. The topological polar surface area (TPSA) is 129 Å². The summed E-state index contributed by atoms with van der Waals surface area (Å²) in [6, 6.07) is 20.1. The maximum absolute atomic E-state index is 13.3. The third kappa shape index (κ3) is 6.26. The molecule has 0 aliphatic carbocycles. The first-order chi connectivity index (χ1) is 19.3. The first kappa shape index (κ1) is 27.2. The summed E-state index contributed by atoms with van der Waals surface area (Å²) in [5.41, 5.74) is 10.4. The molecule has 2 heterocycles. The number of nitrogens with one attached hydrogen (secondary N) is 3. The van der Waals surface area contributed by atoms with Crippen LogP contribution in [0.1, 0.15) is 40.2 Å². The highest BCUT2D eigenvalue weighted by atomic mass is 35.5. The van der Waals surface area contributed by atoms with Gasteiger partial charge in [-0.25, -0.2) is 9.78 Å². The number of amides is 3. The number of rotatable bonds is 7. The summed E-state index contributed by atoms with van der Waals surface area (Å²) in [6.45, 7) is 1.13.